The second kappa shape index (κ2) is 8.49. The van der Waals surface area contributed by atoms with Crippen LogP contribution < -0.4 is 15.4 Å². The van der Waals surface area contributed by atoms with E-state index in [2.05, 4.69) is 27.7 Å². The highest BCUT2D eigenvalue weighted by atomic mass is 16.5. The molecule has 2 fully saturated rings. The van der Waals surface area contributed by atoms with Crippen LogP contribution in [0.3, 0.4) is 0 Å². The van der Waals surface area contributed by atoms with Gasteiger partial charge in [0.05, 0.1) is 19.1 Å². The maximum absolute atomic E-state index is 12.4. The third-order valence-corrected chi connectivity index (χ3v) is 5.23. The van der Waals surface area contributed by atoms with Gasteiger partial charge < -0.3 is 15.4 Å². The van der Waals surface area contributed by atoms with Gasteiger partial charge in [0, 0.05) is 13.1 Å². The topological polar surface area (TPSA) is 53.6 Å². The number of ether oxygens (including phenoxy) is 1. The maximum Gasteiger partial charge on any atom is 0.224 e. The molecule has 2 atom stereocenters. The molecule has 2 saturated heterocycles. The molecule has 0 spiro atoms. The standard InChI is InChI=1S/C19H29N3O2/c1-24-17-7-5-15(6-8-17)18(22-11-3-2-4-12-22)14-21-19(23)16-9-10-20-13-16/h5-8,16,18,20H,2-4,9-14H2,1H3,(H,21,23). The number of carbonyl (C=O) groups excluding carboxylic acids is 1. The number of hydrogen-bond acceptors (Lipinski definition) is 4. The molecule has 132 valence electrons. The minimum atomic E-state index is 0.128. The Morgan fingerprint density at radius 2 is 2.04 bits per heavy atom. The number of benzene rings is 1. The SMILES string of the molecule is COc1ccc(C(CNC(=O)C2CCNC2)N2CCCCC2)cc1. The summed E-state index contributed by atoms with van der Waals surface area (Å²) in [4.78, 5) is 14.9. The summed E-state index contributed by atoms with van der Waals surface area (Å²) in [6, 6.07) is 8.52. The van der Waals surface area contributed by atoms with Gasteiger partial charge in [-0.3, -0.25) is 9.69 Å². The molecule has 0 radical (unpaired) electrons. The predicted molar refractivity (Wildman–Crippen MR) is 95.1 cm³/mol. The summed E-state index contributed by atoms with van der Waals surface area (Å²) < 4.78 is 5.27. The van der Waals surface area contributed by atoms with E-state index in [1.54, 1.807) is 7.11 Å². The average molecular weight is 331 g/mol. The number of piperidine rings is 1. The summed E-state index contributed by atoms with van der Waals surface area (Å²) in [5.41, 5.74) is 1.25. The predicted octanol–water partition coefficient (Wildman–Crippen LogP) is 1.95. The van der Waals surface area contributed by atoms with Gasteiger partial charge in [-0.15, -0.1) is 0 Å². The lowest BCUT2D eigenvalue weighted by atomic mass is 10.0. The molecular weight excluding hydrogens is 302 g/mol. The second-order valence-electron chi connectivity index (χ2n) is 6.82. The second-order valence-corrected chi connectivity index (χ2v) is 6.82. The molecule has 2 N–H and O–H groups in total. The maximum atomic E-state index is 12.4. The smallest absolute Gasteiger partial charge is 0.224 e. The van der Waals surface area contributed by atoms with Crippen LogP contribution in [-0.2, 0) is 4.79 Å². The molecule has 1 aromatic carbocycles. The van der Waals surface area contributed by atoms with Gasteiger partial charge >= 0.3 is 0 Å². The largest absolute Gasteiger partial charge is 0.497 e. The van der Waals surface area contributed by atoms with E-state index in [1.807, 2.05) is 12.1 Å². The number of rotatable bonds is 6. The van der Waals surface area contributed by atoms with Crippen molar-refractivity contribution in [3.63, 3.8) is 0 Å². The van der Waals surface area contributed by atoms with Gasteiger partial charge in [-0.2, -0.15) is 0 Å². The lowest BCUT2D eigenvalue weighted by molar-refractivity contribution is -0.124. The quantitative estimate of drug-likeness (QED) is 0.837. The van der Waals surface area contributed by atoms with Crippen LogP contribution in [0.15, 0.2) is 24.3 Å². The van der Waals surface area contributed by atoms with Crippen molar-refractivity contribution in [2.75, 3.05) is 39.8 Å². The molecule has 2 aliphatic heterocycles. The summed E-state index contributed by atoms with van der Waals surface area (Å²) in [5.74, 6) is 1.19. The van der Waals surface area contributed by atoms with Gasteiger partial charge in [-0.05, 0) is 56.6 Å². The molecule has 0 aliphatic carbocycles. The summed E-state index contributed by atoms with van der Waals surface area (Å²) in [7, 11) is 1.69. The summed E-state index contributed by atoms with van der Waals surface area (Å²) in [5, 5.41) is 6.46. The minimum Gasteiger partial charge on any atom is -0.497 e. The van der Waals surface area contributed by atoms with Crippen molar-refractivity contribution in [3.05, 3.63) is 29.8 Å². The molecule has 0 bridgehead atoms. The number of nitrogens with zero attached hydrogens (tertiary/aromatic N) is 1. The van der Waals surface area contributed by atoms with Crippen molar-refractivity contribution in [2.24, 2.45) is 5.92 Å². The molecule has 5 nitrogen and oxygen atoms in total. The molecule has 24 heavy (non-hydrogen) atoms. The number of hydrogen-bond donors (Lipinski definition) is 2. The Balaban J connectivity index is 1.67. The van der Waals surface area contributed by atoms with Crippen molar-refractivity contribution < 1.29 is 9.53 Å². The van der Waals surface area contributed by atoms with Gasteiger partial charge in [0.15, 0.2) is 0 Å². The molecular formula is C19H29N3O2. The van der Waals surface area contributed by atoms with E-state index < -0.39 is 0 Å². The fraction of sp³-hybridized carbons (Fsp3) is 0.632. The number of methoxy groups -OCH3 is 1. The molecule has 5 heteroatoms. The Bertz CT molecular complexity index is 520. The van der Waals surface area contributed by atoms with Gasteiger partial charge in [-0.25, -0.2) is 0 Å². The van der Waals surface area contributed by atoms with Crippen LogP contribution in [0.2, 0.25) is 0 Å². The van der Waals surface area contributed by atoms with E-state index in [-0.39, 0.29) is 17.9 Å². The Kier molecular flexibility index (Phi) is 6.10. The van der Waals surface area contributed by atoms with E-state index in [1.165, 1.54) is 24.8 Å². The van der Waals surface area contributed by atoms with E-state index in [0.29, 0.717) is 6.54 Å². The molecule has 2 heterocycles. The van der Waals surface area contributed by atoms with Crippen LogP contribution in [0, 0.1) is 5.92 Å². The van der Waals surface area contributed by atoms with Crippen molar-refractivity contribution in [1.29, 1.82) is 0 Å². The fourth-order valence-corrected chi connectivity index (χ4v) is 3.73. The highest BCUT2D eigenvalue weighted by molar-refractivity contribution is 5.79. The Morgan fingerprint density at radius 1 is 1.29 bits per heavy atom. The first kappa shape index (κ1) is 17.2. The van der Waals surface area contributed by atoms with E-state index in [9.17, 15) is 4.79 Å². The molecule has 2 aliphatic rings. The fourth-order valence-electron chi connectivity index (χ4n) is 3.73. The van der Waals surface area contributed by atoms with Gasteiger partial charge in [0.2, 0.25) is 5.91 Å². The zero-order chi connectivity index (χ0) is 16.8. The first-order valence-electron chi connectivity index (χ1n) is 9.14. The summed E-state index contributed by atoms with van der Waals surface area (Å²) >= 11 is 0. The first-order valence-corrected chi connectivity index (χ1v) is 9.14. The minimum absolute atomic E-state index is 0.128. The molecule has 3 rings (SSSR count). The molecule has 0 saturated carbocycles. The summed E-state index contributed by atoms with van der Waals surface area (Å²) in [6.07, 6.45) is 4.75. The number of likely N-dealkylation sites (tertiary alicyclic amines) is 1. The van der Waals surface area contributed by atoms with Crippen LogP contribution in [0.1, 0.15) is 37.3 Å². The number of carbonyl (C=O) groups is 1. The van der Waals surface area contributed by atoms with Crippen LogP contribution in [0.5, 0.6) is 5.75 Å². The third-order valence-electron chi connectivity index (χ3n) is 5.23. The van der Waals surface area contributed by atoms with E-state index >= 15 is 0 Å². The van der Waals surface area contributed by atoms with Crippen molar-refractivity contribution in [2.45, 2.75) is 31.7 Å². The number of amides is 1. The summed E-state index contributed by atoms with van der Waals surface area (Å²) in [6.45, 7) is 4.66. The third kappa shape index (κ3) is 4.28. The van der Waals surface area contributed by atoms with Crippen LogP contribution in [-0.4, -0.2) is 50.6 Å². The normalized spacial score (nSPS) is 23.0. The molecule has 1 amide bonds. The van der Waals surface area contributed by atoms with E-state index in [0.717, 1.165) is 38.3 Å². The van der Waals surface area contributed by atoms with E-state index in [4.69, 9.17) is 4.74 Å². The molecule has 0 aromatic heterocycles. The van der Waals surface area contributed by atoms with Crippen LogP contribution >= 0.6 is 0 Å². The van der Waals surface area contributed by atoms with Crippen molar-refractivity contribution >= 4 is 5.91 Å². The van der Waals surface area contributed by atoms with Gasteiger partial charge in [-0.1, -0.05) is 18.6 Å². The lowest BCUT2D eigenvalue weighted by Crippen LogP contribution is -2.42. The highest BCUT2D eigenvalue weighted by Crippen LogP contribution is 2.26. The zero-order valence-electron chi connectivity index (χ0n) is 14.6. The Labute approximate surface area is 144 Å². The molecule has 2 unspecified atom stereocenters. The molecule has 1 aromatic rings. The first-order chi connectivity index (χ1) is 11.8. The van der Waals surface area contributed by atoms with Crippen molar-refractivity contribution in [3.8, 4) is 5.75 Å². The zero-order valence-corrected chi connectivity index (χ0v) is 14.6. The van der Waals surface area contributed by atoms with Crippen LogP contribution in [0.4, 0.5) is 0 Å². The van der Waals surface area contributed by atoms with Gasteiger partial charge in [0.25, 0.3) is 0 Å². The highest BCUT2D eigenvalue weighted by Gasteiger charge is 2.26. The number of nitrogens with one attached hydrogen (secondary N) is 2. The Hall–Kier alpha value is -1.59. The monoisotopic (exact) mass is 331 g/mol. The van der Waals surface area contributed by atoms with Crippen molar-refractivity contribution in [1.82, 2.24) is 15.5 Å². The lowest BCUT2D eigenvalue weighted by Gasteiger charge is -2.35. The van der Waals surface area contributed by atoms with Gasteiger partial charge in [0.1, 0.15) is 5.75 Å². The average Bonchev–Trinajstić information content (AvgIpc) is 3.18. The van der Waals surface area contributed by atoms with Crippen LogP contribution in [0.25, 0.3) is 0 Å². The Morgan fingerprint density at radius 3 is 2.67 bits per heavy atom.